The van der Waals surface area contributed by atoms with Crippen LogP contribution in [-0.2, 0) is 4.79 Å². The zero-order valence-electron chi connectivity index (χ0n) is 11.8. The summed E-state index contributed by atoms with van der Waals surface area (Å²) in [6.07, 6.45) is 1.36. The molecule has 1 heterocycles. The van der Waals surface area contributed by atoms with E-state index in [9.17, 15) is 9.18 Å². The molecule has 108 valence electrons. The number of anilines is 1. The summed E-state index contributed by atoms with van der Waals surface area (Å²) < 4.78 is 13.8. The summed E-state index contributed by atoms with van der Waals surface area (Å²) in [7, 11) is 0. The zero-order chi connectivity index (χ0) is 15.1. The third kappa shape index (κ3) is 3.70. The first-order valence-electron chi connectivity index (χ1n) is 6.79. The summed E-state index contributed by atoms with van der Waals surface area (Å²) in [6, 6.07) is 6.14. The van der Waals surface area contributed by atoms with Crippen LogP contribution in [0, 0.1) is 23.1 Å². The lowest BCUT2D eigenvalue weighted by Gasteiger charge is -2.32. The van der Waals surface area contributed by atoms with Crippen molar-refractivity contribution in [3.8, 4) is 6.07 Å². The molecule has 4 nitrogen and oxygen atoms in total. The average Bonchev–Trinajstić information content (AvgIpc) is 2.49. The van der Waals surface area contributed by atoms with Crippen molar-refractivity contribution < 1.29 is 14.3 Å². The Kier molecular flexibility index (Phi) is 5.98. The highest BCUT2D eigenvalue weighted by atomic mass is 19.1. The van der Waals surface area contributed by atoms with Gasteiger partial charge in [-0.1, -0.05) is 13.8 Å². The van der Waals surface area contributed by atoms with E-state index in [1.165, 1.54) is 12.1 Å². The first-order chi connectivity index (χ1) is 9.61. The Morgan fingerprint density at radius 2 is 2.20 bits per heavy atom. The fourth-order valence-corrected chi connectivity index (χ4v) is 2.23. The number of halogens is 1. The highest BCUT2D eigenvalue weighted by Crippen LogP contribution is 2.26. The Morgan fingerprint density at radius 3 is 2.75 bits per heavy atom. The number of piperidine rings is 1. The van der Waals surface area contributed by atoms with Crippen molar-refractivity contribution in [2.75, 3.05) is 18.0 Å². The van der Waals surface area contributed by atoms with E-state index in [-0.39, 0.29) is 5.56 Å². The van der Waals surface area contributed by atoms with E-state index in [2.05, 4.69) is 0 Å². The number of aliphatic carboxylic acids is 1. The van der Waals surface area contributed by atoms with Gasteiger partial charge in [0.15, 0.2) is 0 Å². The third-order valence-corrected chi connectivity index (χ3v) is 3.19. The molecule has 1 N–H and O–H groups in total. The van der Waals surface area contributed by atoms with Crippen molar-refractivity contribution >= 4 is 11.7 Å². The minimum atomic E-state index is -0.839. The second-order valence-electron chi connectivity index (χ2n) is 4.40. The van der Waals surface area contributed by atoms with Crippen LogP contribution in [0.15, 0.2) is 18.2 Å². The average molecular weight is 278 g/mol. The molecule has 5 heteroatoms. The summed E-state index contributed by atoms with van der Waals surface area (Å²) in [6.45, 7) is 4.96. The lowest BCUT2D eigenvalue weighted by atomic mass is 9.97. The van der Waals surface area contributed by atoms with Crippen LogP contribution in [0.5, 0.6) is 0 Å². The predicted molar refractivity (Wildman–Crippen MR) is 75.0 cm³/mol. The van der Waals surface area contributed by atoms with Crippen LogP contribution >= 0.6 is 0 Å². The maximum atomic E-state index is 13.8. The molecule has 1 aliphatic heterocycles. The SMILES string of the molecule is CC.N#Cc1ccc(N2CCCC(C(=O)O)C2)c(F)c1. The summed E-state index contributed by atoms with van der Waals surface area (Å²) >= 11 is 0. The molecule has 0 radical (unpaired) electrons. The van der Waals surface area contributed by atoms with Gasteiger partial charge in [0.2, 0.25) is 0 Å². The molecule has 1 aliphatic rings. The van der Waals surface area contributed by atoms with Gasteiger partial charge in [0.05, 0.1) is 23.2 Å². The van der Waals surface area contributed by atoms with Gasteiger partial charge in [-0.3, -0.25) is 4.79 Å². The van der Waals surface area contributed by atoms with Gasteiger partial charge < -0.3 is 10.0 Å². The summed E-state index contributed by atoms with van der Waals surface area (Å²) in [5, 5.41) is 17.7. The number of nitriles is 1. The number of carbonyl (C=O) groups is 1. The lowest BCUT2D eigenvalue weighted by molar-refractivity contribution is -0.141. The van der Waals surface area contributed by atoms with Gasteiger partial charge in [-0.05, 0) is 31.0 Å². The van der Waals surface area contributed by atoms with E-state index in [0.717, 1.165) is 6.42 Å². The fourth-order valence-electron chi connectivity index (χ4n) is 2.23. The fraction of sp³-hybridized carbons (Fsp3) is 0.467. The van der Waals surface area contributed by atoms with E-state index in [4.69, 9.17) is 10.4 Å². The number of benzene rings is 1. The van der Waals surface area contributed by atoms with Crippen LogP contribution in [0.4, 0.5) is 10.1 Å². The number of hydrogen-bond acceptors (Lipinski definition) is 3. The van der Waals surface area contributed by atoms with Gasteiger partial charge in [-0.2, -0.15) is 5.26 Å². The van der Waals surface area contributed by atoms with Crippen molar-refractivity contribution in [2.45, 2.75) is 26.7 Å². The summed E-state index contributed by atoms with van der Waals surface area (Å²) in [4.78, 5) is 12.7. The van der Waals surface area contributed by atoms with Crippen LogP contribution < -0.4 is 4.90 Å². The molecule has 1 atom stereocenters. The molecular formula is C15H19FN2O2. The molecule has 0 saturated carbocycles. The predicted octanol–water partition coefficient (Wildman–Crippen LogP) is 3.02. The minimum Gasteiger partial charge on any atom is -0.481 e. The standard InChI is InChI=1S/C13H13FN2O2.C2H6/c14-11-6-9(7-15)3-4-12(11)16-5-1-2-10(8-16)13(17)18;1-2/h3-4,6,10H,1-2,5,8H2,(H,17,18);1-2H3. The number of carboxylic acids is 1. The molecular weight excluding hydrogens is 259 g/mol. The molecule has 1 saturated heterocycles. The largest absolute Gasteiger partial charge is 0.481 e. The molecule has 1 aromatic carbocycles. The van der Waals surface area contributed by atoms with Crippen molar-refractivity contribution in [3.05, 3.63) is 29.6 Å². The molecule has 2 rings (SSSR count). The van der Waals surface area contributed by atoms with Crippen molar-refractivity contribution in [3.63, 3.8) is 0 Å². The van der Waals surface area contributed by atoms with Crippen molar-refractivity contribution in [1.29, 1.82) is 5.26 Å². The molecule has 1 fully saturated rings. The van der Waals surface area contributed by atoms with Gasteiger partial charge in [0.1, 0.15) is 5.82 Å². The second kappa shape index (κ2) is 7.49. The number of carboxylic acid groups (broad SMARTS) is 1. The van der Waals surface area contributed by atoms with Gasteiger partial charge in [0.25, 0.3) is 0 Å². The van der Waals surface area contributed by atoms with Gasteiger partial charge in [0, 0.05) is 13.1 Å². The monoisotopic (exact) mass is 278 g/mol. The van der Waals surface area contributed by atoms with E-state index >= 15 is 0 Å². The molecule has 1 aromatic rings. The quantitative estimate of drug-likeness (QED) is 0.903. The summed E-state index contributed by atoms with van der Waals surface area (Å²) in [5.41, 5.74) is 0.642. The Hall–Kier alpha value is -2.09. The van der Waals surface area contributed by atoms with Crippen LogP contribution in [0.3, 0.4) is 0 Å². The Morgan fingerprint density at radius 1 is 1.50 bits per heavy atom. The van der Waals surface area contributed by atoms with Crippen LogP contribution in [0.25, 0.3) is 0 Å². The van der Waals surface area contributed by atoms with Gasteiger partial charge in [-0.15, -0.1) is 0 Å². The van der Waals surface area contributed by atoms with Crippen LogP contribution in [0.2, 0.25) is 0 Å². The number of nitrogens with zero attached hydrogens (tertiary/aromatic N) is 2. The third-order valence-electron chi connectivity index (χ3n) is 3.19. The molecule has 0 bridgehead atoms. The molecule has 0 aliphatic carbocycles. The van der Waals surface area contributed by atoms with Gasteiger partial charge >= 0.3 is 5.97 Å². The molecule has 0 amide bonds. The molecule has 0 spiro atoms. The van der Waals surface area contributed by atoms with E-state index in [1.54, 1.807) is 11.0 Å². The maximum absolute atomic E-state index is 13.8. The van der Waals surface area contributed by atoms with Crippen LogP contribution in [0.1, 0.15) is 32.3 Å². The Balaban J connectivity index is 0.000000956. The number of rotatable bonds is 2. The molecule has 0 aromatic heterocycles. The van der Waals surface area contributed by atoms with Crippen molar-refractivity contribution in [2.24, 2.45) is 5.92 Å². The molecule has 20 heavy (non-hydrogen) atoms. The Bertz CT molecular complexity index is 511. The highest BCUT2D eigenvalue weighted by molar-refractivity contribution is 5.71. The van der Waals surface area contributed by atoms with E-state index in [1.807, 2.05) is 19.9 Å². The topological polar surface area (TPSA) is 64.3 Å². The zero-order valence-corrected chi connectivity index (χ0v) is 11.8. The first-order valence-corrected chi connectivity index (χ1v) is 6.79. The van der Waals surface area contributed by atoms with Crippen molar-refractivity contribution in [1.82, 2.24) is 0 Å². The van der Waals surface area contributed by atoms with E-state index in [0.29, 0.717) is 25.2 Å². The maximum Gasteiger partial charge on any atom is 0.308 e. The number of hydrogen-bond donors (Lipinski definition) is 1. The highest BCUT2D eigenvalue weighted by Gasteiger charge is 2.26. The smallest absolute Gasteiger partial charge is 0.308 e. The second-order valence-corrected chi connectivity index (χ2v) is 4.40. The molecule has 1 unspecified atom stereocenters. The lowest BCUT2D eigenvalue weighted by Crippen LogP contribution is -2.39. The summed E-state index contributed by atoms with van der Waals surface area (Å²) in [5.74, 6) is -1.76. The first kappa shape index (κ1) is 16.0. The Labute approximate surface area is 118 Å². The minimum absolute atomic E-state index is 0.267. The van der Waals surface area contributed by atoms with Gasteiger partial charge in [-0.25, -0.2) is 4.39 Å². The normalized spacial score (nSPS) is 17.7. The van der Waals surface area contributed by atoms with Crippen LogP contribution in [-0.4, -0.2) is 24.2 Å². The van der Waals surface area contributed by atoms with E-state index < -0.39 is 17.7 Å².